The molecule has 0 aromatic carbocycles. The highest BCUT2D eigenvalue weighted by Crippen LogP contribution is 2.16. The van der Waals surface area contributed by atoms with Gasteiger partial charge in [0.1, 0.15) is 0 Å². The van der Waals surface area contributed by atoms with Gasteiger partial charge in [0, 0.05) is 23.5 Å². The molecule has 0 saturated carbocycles. The van der Waals surface area contributed by atoms with Gasteiger partial charge in [-0.1, -0.05) is 0 Å². The first-order valence-electron chi connectivity index (χ1n) is 5.76. The molecule has 0 fully saturated rings. The van der Waals surface area contributed by atoms with Gasteiger partial charge >= 0.3 is 0 Å². The van der Waals surface area contributed by atoms with Crippen LogP contribution >= 0.6 is 0 Å². The Morgan fingerprint density at radius 3 is 2.44 bits per heavy atom. The lowest BCUT2D eigenvalue weighted by molar-refractivity contribution is 0.101. The summed E-state index contributed by atoms with van der Waals surface area (Å²) in [6, 6.07) is 1.99. The highest BCUT2D eigenvalue weighted by molar-refractivity contribution is 5.95. The first kappa shape index (κ1) is 13.0. The molecule has 0 atom stereocenters. The fourth-order valence-electron chi connectivity index (χ4n) is 2.05. The fraction of sp³-hybridized carbons (Fsp3) is 0.615. The van der Waals surface area contributed by atoms with E-state index in [1.54, 1.807) is 6.92 Å². The molecule has 0 spiro atoms. The summed E-state index contributed by atoms with van der Waals surface area (Å²) in [5.74, 6) is 0.159. The van der Waals surface area contributed by atoms with Crippen LogP contribution in [0.2, 0.25) is 0 Å². The van der Waals surface area contributed by atoms with Crippen LogP contribution < -0.4 is 0 Å². The van der Waals surface area contributed by atoms with Crippen LogP contribution in [0.1, 0.15) is 35.1 Å². The first-order valence-corrected chi connectivity index (χ1v) is 5.76. The molecule has 0 aliphatic carbocycles. The maximum Gasteiger partial charge on any atom is 0.161 e. The van der Waals surface area contributed by atoms with Crippen LogP contribution in [0.4, 0.5) is 0 Å². The van der Waals surface area contributed by atoms with Gasteiger partial charge < -0.3 is 9.47 Å². The number of aromatic nitrogens is 1. The average molecular weight is 222 g/mol. The van der Waals surface area contributed by atoms with Crippen molar-refractivity contribution in [3.05, 3.63) is 23.0 Å². The summed E-state index contributed by atoms with van der Waals surface area (Å²) in [6.45, 7) is 7.79. The maximum atomic E-state index is 11.4. The Balaban J connectivity index is 2.76. The summed E-state index contributed by atoms with van der Waals surface area (Å²) in [7, 11) is 4.16. The second kappa shape index (κ2) is 5.30. The van der Waals surface area contributed by atoms with Gasteiger partial charge in [0.2, 0.25) is 0 Å². The largest absolute Gasteiger partial charge is 0.348 e. The maximum absolute atomic E-state index is 11.4. The lowest BCUT2D eigenvalue weighted by Gasteiger charge is -2.12. The standard InChI is InChI=1S/C13H22N2O/c1-10-9-13(12(3)16)11(2)15(10)8-6-7-14(4)5/h9H,6-8H2,1-5H3. The summed E-state index contributed by atoms with van der Waals surface area (Å²) in [5, 5.41) is 0. The van der Waals surface area contributed by atoms with Gasteiger partial charge in [-0.15, -0.1) is 0 Å². The van der Waals surface area contributed by atoms with Gasteiger partial charge in [-0.3, -0.25) is 4.79 Å². The Morgan fingerprint density at radius 1 is 1.38 bits per heavy atom. The number of rotatable bonds is 5. The third kappa shape index (κ3) is 2.95. The van der Waals surface area contributed by atoms with E-state index in [2.05, 4.69) is 30.5 Å². The van der Waals surface area contributed by atoms with Crippen molar-refractivity contribution in [2.75, 3.05) is 20.6 Å². The number of carbonyl (C=O) groups excluding carboxylic acids is 1. The van der Waals surface area contributed by atoms with Crippen LogP contribution in [-0.2, 0) is 6.54 Å². The molecule has 0 N–H and O–H groups in total. The van der Waals surface area contributed by atoms with Crippen LogP contribution in [0.5, 0.6) is 0 Å². The molecule has 1 aromatic heterocycles. The van der Waals surface area contributed by atoms with Crippen LogP contribution in [0.3, 0.4) is 0 Å². The second-order valence-electron chi connectivity index (χ2n) is 4.65. The van der Waals surface area contributed by atoms with Gasteiger partial charge in [-0.2, -0.15) is 0 Å². The van der Waals surface area contributed by atoms with Gasteiger partial charge in [0.25, 0.3) is 0 Å². The fourth-order valence-corrected chi connectivity index (χ4v) is 2.05. The van der Waals surface area contributed by atoms with Gasteiger partial charge in [0.05, 0.1) is 0 Å². The lowest BCUT2D eigenvalue weighted by Crippen LogP contribution is -2.16. The summed E-state index contributed by atoms with van der Waals surface area (Å²) >= 11 is 0. The van der Waals surface area contributed by atoms with E-state index in [4.69, 9.17) is 0 Å². The Kier molecular flexibility index (Phi) is 4.30. The minimum Gasteiger partial charge on any atom is -0.348 e. The normalized spacial score (nSPS) is 11.1. The Labute approximate surface area is 98.1 Å². The summed E-state index contributed by atoms with van der Waals surface area (Å²) in [5.41, 5.74) is 3.15. The first-order chi connectivity index (χ1) is 7.43. The van der Waals surface area contributed by atoms with E-state index in [0.717, 1.165) is 30.8 Å². The minimum absolute atomic E-state index is 0.159. The van der Waals surface area contributed by atoms with Crippen LogP contribution in [0, 0.1) is 13.8 Å². The number of nitrogens with zero attached hydrogens (tertiary/aromatic N) is 2. The van der Waals surface area contributed by atoms with E-state index in [1.807, 2.05) is 13.0 Å². The zero-order valence-electron chi connectivity index (χ0n) is 11.0. The van der Waals surface area contributed by atoms with Crippen LogP contribution in [0.25, 0.3) is 0 Å². The number of Topliss-reactive ketones (excluding diaryl/α,β-unsaturated/α-hetero) is 1. The summed E-state index contributed by atoms with van der Waals surface area (Å²) in [6.07, 6.45) is 1.11. The third-order valence-corrected chi connectivity index (χ3v) is 2.94. The van der Waals surface area contributed by atoms with Crippen molar-refractivity contribution in [1.82, 2.24) is 9.47 Å². The molecule has 0 unspecified atom stereocenters. The SMILES string of the molecule is CC(=O)c1cc(C)n(CCCN(C)C)c1C. The summed E-state index contributed by atoms with van der Waals surface area (Å²) < 4.78 is 2.24. The number of hydrogen-bond donors (Lipinski definition) is 0. The van der Waals surface area contributed by atoms with Crippen molar-refractivity contribution in [2.24, 2.45) is 0 Å². The van der Waals surface area contributed by atoms with Crippen LogP contribution in [0.15, 0.2) is 6.07 Å². The topological polar surface area (TPSA) is 25.2 Å². The highest BCUT2D eigenvalue weighted by atomic mass is 16.1. The zero-order chi connectivity index (χ0) is 12.3. The van der Waals surface area contributed by atoms with E-state index in [9.17, 15) is 4.79 Å². The number of hydrogen-bond acceptors (Lipinski definition) is 2. The van der Waals surface area contributed by atoms with Crippen molar-refractivity contribution >= 4 is 5.78 Å². The molecule has 0 aliphatic heterocycles. The molecule has 0 amide bonds. The zero-order valence-corrected chi connectivity index (χ0v) is 11.0. The van der Waals surface area contributed by atoms with Gasteiger partial charge in [0.15, 0.2) is 5.78 Å². The van der Waals surface area contributed by atoms with Crippen molar-refractivity contribution in [1.29, 1.82) is 0 Å². The molecular formula is C13H22N2O. The molecule has 0 bridgehead atoms. The molecule has 0 aliphatic rings. The monoisotopic (exact) mass is 222 g/mol. The minimum atomic E-state index is 0.159. The quantitative estimate of drug-likeness (QED) is 0.714. The molecule has 1 heterocycles. The number of carbonyl (C=O) groups is 1. The molecule has 1 rings (SSSR count). The molecule has 1 aromatic rings. The Hall–Kier alpha value is -1.09. The highest BCUT2D eigenvalue weighted by Gasteiger charge is 2.11. The van der Waals surface area contributed by atoms with E-state index < -0.39 is 0 Å². The smallest absolute Gasteiger partial charge is 0.161 e. The predicted molar refractivity (Wildman–Crippen MR) is 67.1 cm³/mol. The van der Waals surface area contributed by atoms with Crippen molar-refractivity contribution in [3.8, 4) is 0 Å². The molecule has 0 saturated heterocycles. The molecule has 3 heteroatoms. The van der Waals surface area contributed by atoms with E-state index in [-0.39, 0.29) is 5.78 Å². The second-order valence-corrected chi connectivity index (χ2v) is 4.65. The van der Waals surface area contributed by atoms with Gasteiger partial charge in [-0.25, -0.2) is 0 Å². The number of aryl methyl sites for hydroxylation is 1. The number of ketones is 1. The van der Waals surface area contributed by atoms with E-state index >= 15 is 0 Å². The molecule has 16 heavy (non-hydrogen) atoms. The van der Waals surface area contributed by atoms with Crippen molar-refractivity contribution < 1.29 is 4.79 Å². The molecular weight excluding hydrogens is 200 g/mol. The lowest BCUT2D eigenvalue weighted by atomic mass is 10.2. The Morgan fingerprint density at radius 2 is 2.00 bits per heavy atom. The average Bonchev–Trinajstić information content (AvgIpc) is 2.44. The van der Waals surface area contributed by atoms with E-state index in [1.165, 1.54) is 5.69 Å². The van der Waals surface area contributed by atoms with Crippen LogP contribution in [-0.4, -0.2) is 35.9 Å². The molecule has 90 valence electrons. The molecule has 3 nitrogen and oxygen atoms in total. The summed E-state index contributed by atoms with van der Waals surface area (Å²) in [4.78, 5) is 13.6. The third-order valence-electron chi connectivity index (χ3n) is 2.94. The van der Waals surface area contributed by atoms with Crippen molar-refractivity contribution in [3.63, 3.8) is 0 Å². The van der Waals surface area contributed by atoms with Gasteiger partial charge in [-0.05, 0) is 53.9 Å². The Bertz CT molecular complexity index is 378. The van der Waals surface area contributed by atoms with Crippen molar-refractivity contribution in [2.45, 2.75) is 33.7 Å². The van der Waals surface area contributed by atoms with E-state index in [0.29, 0.717) is 0 Å². The molecule has 0 radical (unpaired) electrons. The predicted octanol–water partition coefficient (Wildman–Crippen LogP) is 2.26.